The molecule has 0 saturated carbocycles. The SMILES string of the molecule is Cc1ccc(-n2c(SCc3cc(=O)n4[nH]cc(C#N)c4n3)nnc2-c2ccccc2)cc1C. The zero-order valence-electron chi connectivity index (χ0n) is 18.0. The van der Waals surface area contributed by atoms with Gasteiger partial charge in [0, 0.05) is 23.6 Å². The maximum atomic E-state index is 12.4. The summed E-state index contributed by atoms with van der Waals surface area (Å²) >= 11 is 1.44. The summed E-state index contributed by atoms with van der Waals surface area (Å²) in [4.78, 5) is 16.9. The highest BCUT2D eigenvalue weighted by Crippen LogP contribution is 2.30. The maximum Gasteiger partial charge on any atom is 0.272 e. The Morgan fingerprint density at radius 2 is 1.88 bits per heavy atom. The Morgan fingerprint density at radius 3 is 2.64 bits per heavy atom. The summed E-state index contributed by atoms with van der Waals surface area (Å²) in [7, 11) is 0. The summed E-state index contributed by atoms with van der Waals surface area (Å²) in [6.45, 7) is 4.16. The van der Waals surface area contributed by atoms with Gasteiger partial charge >= 0.3 is 0 Å². The molecule has 33 heavy (non-hydrogen) atoms. The normalized spacial score (nSPS) is 11.1. The zero-order valence-corrected chi connectivity index (χ0v) is 18.8. The second-order valence-corrected chi connectivity index (χ2v) is 8.55. The Hall–Kier alpha value is -4.16. The van der Waals surface area contributed by atoms with Gasteiger partial charge in [-0.1, -0.05) is 48.2 Å². The van der Waals surface area contributed by atoms with Gasteiger partial charge in [0.25, 0.3) is 5.56 Å². The van der Waals surface area contributed by atoms with E-state index in [0.717, 1.165) is 17.1 Å². The number of aromatic amines is 1. The van der Waals surface area contributed by atoms with E-state index in [-0.39, 0.29) is 5.56 Å². The molecule has 0 radical (unpaired) electrons. The van der Waals surface area contributed by atoms with E-state index < -0.39 is 0 Å². The Bertz CT molecular complexity index is 1570. The van der Waals surface area contributed by atoms with Gasteiger partial charge in [-0.25, -0.2) is 9.50 Å². The summed E-state index contributed by atoms with van der Waals surface area (Å²) in [5.74, 6) is 1.14. The minimum atomic E-state index is -0.266. The van der Waals surface area contributed by atoms with E-state index in [1.54, 1.807) is 0 Å². The van der Waals surface area contributed by atoms with Crippen molar-refractivity contribution in [1.29, 1.82) is 5.26 Å². The Morgan fingerprint density at radius 1 is 1.06 bits per heavy atom. The van der Waals surface area contributed by atoms with Gasteiger partial charge in [-0.15, -0.1) is 10.2 Å². The van der Waals surface area contributed by atoms with Crippen LogP contribution in [0.1, 0.15) is 22.4 Å². The molecule has 5 rings (SSSR count). The summed E-state index contributed by atoms with van der Waals surface area (Å²) in [5, 5.41) is 21.6. The first-order chi connectivity index (χ1) is 16.0. The first-order valence-corrected chi connectivity index (χ1v) is 11.2. The summed E-state index contributed by atoms with van der Waals surface area (Å²) in [6, 6.07) is 19.7. The summed E-state index contributed by atoms with van der Waals surface area (Å²) in [6.07, 6.45) is 1.48. The lowest BCUT2D eigenvalue weighted by atomic mass is 10.1. The number of rotatable bonds is 5. The van der Waals surface area contributed by atoms with Gasteiger partial charge in [-0.2, -0.15) is 5.26 Å². The van der Waals surface area contributed by atoms with Crippen molar-refractivity contribution in [3.8, 4) is 23.1 Å². The number of fused-ring (bicyclic) bond motifs is 1. The third-order valence-corrected chi connectivity index (χ3v) is 6.40. The molecule has 0 amide bonds. The molecular weight excluding hydrogens is 434 g/mol. The van der Waals surface area contributed by atoms with Gasteiger partial charge in [-0.3, -0.25) is 14.5 Å². The highest BCUT2D eigenvalue weighted by molar-refractivity contribution is 7.98. The number of hydrogen-bond acceptors (Lipinski definition) is 6. The molecule has 162 valence electrons. The molecule has 1 N–H and O–H groups in total. The quantitative estimate of drug-likeness (QED) is 0.403. The number of aromatic nitrogens is 6. The molecule has 0 bridgehead atoms. The third kappa shape index (κ3) is 3.81. The molecule has 0 aliphatic carbocycles. The monoisotopic (exact) mass is 453 g/mol. The fourth-order valence-corrected chi connectivity index (χ4v) is 4.40. The average molecular weight is 454 g/mol. The van der Waals surface area contributed by atoms with Crippen LogP contribution in [-0.2, 0) is 5.75 Å². The predicted molar refractivity (Wildman–Crippen MR) is 126 cm³/mol. The minimum Gasteiger partial charge on any atom is -0.295 e. The molecule has 0 fully saturated rings. The second kappa shape index (κ2) is 8.41. The molecule has 0 saturated heterocycles. The lowest BCUT2D eigenvalue weighted by Gasteiger charge is -2.12. The van der Waals surface area contributed by atoms with Crippen molar-refractivity contribution in [1.82, 2.24) is 29.4 Å². The first-order valence-electron chi connectivity index (χ1n) is 10.3. The average Bonchev–Trinajstić information content (AvgIpc) is 3.44. The highest BCUT2D eigenvalue weighted by Gasteiger charge is 2.17. The number of hydrogen-bond donors (Lipinski definition) is 1. The molecule has 8 nitrogen and oxygen atoms in total. The van der Waals surface area contributed by atoms with Crippen LogP contribution >= 0.6 is 11.8 Å². The summed E-state index contributed by atoms with van der Waals surface area (Å²) in [5.41, 5.74) is 5.25. The molecule has 0 aliphatic rings. The Balaban J connectivity index is 1.56. The number of nitrogens with one attached hydrogen (secondary N) is 1. The van der Waals surface area contributed by atoms with Crippen LogP contribution in [0.5, 0.6) is 0 Å². The van der Waals surface area contributed by atoms with Crippen LogP contribution < -0.4 is 5.56 Å². The Labute approximate surface area is 193 Å². The van der Waals surface area contributed by atoms with Crippen LogP contribution in [0.2, 0.25) is 0 Å². The number of aryl methyl sites for hydroxylation is 2. The van der Waals surface area contributed by atoms with E-state index in [4.69, 9.17) is 0 Å². The van der Waals surface area contributed by atoms with Gasteiger partial charge < -0.3 is 0 Å². The molecule has 9 heteroatoms. The van der Waals surface area contributed by atoms with Crippen LogP contribution in [0.4, 0.5) is 0 Å². The van der Waals surface area contributed by atoms with Crippen molar-refractivity contribution in [2.45, 2.75) is 24.8 Å². The fraction of sp³-hybridized carbons (Fsp3) is 0.125. The van der Waals surface area contributed by atoms with Crippen LogP contribution in [-0.4, -0.2) is 29.4 Å². The van der Waals surface area contributed by atoms with Crippen molar-refractivity contribution >= 4 is 17.4 Å². The topological polar surface area (TPSA) is 105 Å². The van der Waals surface area contributed by atoms with Crippen molar-refractivity contribution in [3.05, 3.63) is 93.5 Å². The molecule has 3 aromatic heterocycles. The molecule has 0 spiro atoms. The van der Waals surface area contributed by atoms with E-state index in [9.17, 15) is 10.1 Å². The van der Waals surface area contributed by atoms with Crippen LogP contribution in [0, 0.1) is 25.2 Å². The van der Waals surface area contributed by atoms with Crippen LogP contribution in [0.15, 0.2) is 70.7 Å². The van der Waals surface area contributed by atoms with Crippen molar-refractivity contribution in [2.75, 3.05) is 0 Å². The number of nitrogens with zero attached hydrogens (tertiary/aromatic N) is 6. The molecule has 5 aromatic rings. The fourth-order valence-electron chi connectivity index (χ4n) is 3.56. The first kappa shape index (κ1) is 20.7. The lowest BCUT2D eigenvalue weighted by molar-refractivity contribution is 0.877. The van der Waals surface area contributed by atoms with Gasteiger partial charge in [0.05, 0.1) is 11.4 Å². The second-order valence-electron chi connectivity index (χ2n) is 7.61. The van der Waals surface area contributed by atoms with Gasteiger partial charge in [0.2, 0.25) is 0 Å². The predicted octanol–water partition coefficient (Wildman–Crippen LogP) is 4.05. The summed E-state index contributed by atoms with van der Waals surface area (Å²) < 4.78 is 3.28. The molecule has 3 heterocycles. The molecular formula is C24H19N7OS. The number of H-pyrrole nitrogens is 1. The van der Waals surface area contributed by atoms with Crippen LogP contribution in [0.3, 0.4) is 0 Å². The Kier molecular flexibility index (Phi) is 5.28. The largest absolute Gasteiger partial charge is 0.295 e. The van der Waals surface area contributed by atoms with E-state index in [0.29, 0.717) is 27.8 Å². The number of thioether (sulfide) groups is 1. The molecule has 2 aromatic carbocycles. The van der Waals surface area contributed by atoms with Crippen molar-refractivity contribution < 1.29 is 0 Å². The van der Waals surface area contributed by atoms with Crippen LogP contribution in [0.25, 0.3) is 22.7 Å². The number of nitriles is 1. The maximum absolute atomic E-state index is 12.4. The highest BCUT2D eigenvalue weighted by atomic mass is 32.2. The number of benzene rings is 2. The van der Waals surface area contributed by atoms with E-state index in [1.165, 1.54) is 39.7 Å². The lowest BCUT2D eigenvalue weighted by Crippen LogP contribution is -2.15. The molecule has 0 aliphatic heterocycles. The standard InChI is InChI=1S/C24H19N7OS/c1-15-8-9-20(10-16(15)2)30-23(17-6-4-3-5-7-17)28-29-24(30)33-14-19-11-21(32)31-22(27-19)18(12-25)13-26-31/h3-11,13,26H,14H2,1-2H3. The van der Waals surface area contributed by atoms with Gasteiger partial charge in [0.15, 0.2) is 16.6 Å². The smallest absolute Gasteiger partial charge is 0.272 e. The van der Waals surface area contributed by atoms with E-state index in [1.807, 2.05) is 34.9 Å². The van der Waals surface area contributed by atoms with Crippen molar-refractivity contribution in [3.63, 3.8) is 0 Å². The molecule has 0 unspecified atom stereocenters. The van der Waals surface area contributed by atoms with E-state index >= 15 is 0 Å². The van der Waals surface area contributed by atoms with Crippen molar-refractivity contribution in [2.24, 2.45) is 0 Å². The minimum absolute atomic E-state index is 0.266. The molecule has 0 atom stereocenters. The zero-order chi connectivity index (χ0) is 22.9. The third-order valence-electron chi connectivity index (χ3n) is 5.43. The van der Waals surface area contributed by atoms with Gasteiger partial charge in [-0.05, 0) is 37.1 Å². The van der Waals surface area contributed by atoms with Gasteiger partial charge in [0.1, 0.15) is 11.6 Å². The van der Waals surface area contributed by atoms with E-state index in [2.05, 4.69) is 58.4 Å².